The number of carbonyl (C=O) groups excluding carboxylic acids is 3. The molecule has 31 heavy (non-hydrogen) atoms. The molecular weight excluding hydrogens is 430 g/mol. The second-order valence-electron chi connectivity index (χ2n) is 8.58. The number of fused-ring (bicyclic) bond motifs is 2. The highest BCUT2D eigenvalue weighted by molar-refractivity contribution is 8.01. The molecular formula is C23H25N3O3S2. The topological polar surface area (TPSA) is 69.7 Å². The molecule has 0 radical (unpaired) electrons. The highest BCUT2D eigenvalue weighted by atomic mass is 32.2. The predicted octanol–water partition coefficient (Wildman–Crippen LogP) is 3.65. The second kappa shape index (κ2) is 7.67. The number of nitrogens with zero attached hydrogens (tertiary/aromatic N) is 2. The van der Waals surface area contributed by atoms with Gasteiger partial charge in [-0.25, -0.2) is 0 Å². The van der Waals surface area contributed by atoms with Crippen molar-refractivity contribution in [3.8, 4) is 0 Å². The Morgan fingerprint density at radius 1 is 1.23 bits per heavy atom. The fourth-order valence-corrected chi connectivity index (χ4v) is 7.15. The van der Waals surface area contributed by atoms with Gasteiger partial charge < -0.3 is 15.1 Å². The number of anilines is 1. The first-order valence-electron chi connectivity index (χ1n) is 10.6. The monoisotopic (exact) mass is 455 g/mol. The van der Waals surface area contributed by atoms with Gasteiger partial charge in [0.05, 0.1) is 4.87 Å². The summed E-state index contributed by atoms with van der Waals surface area (Å²) in [4.78, 5) is 43.4. The van der Waals surface area contributed by atoms with Gasteiger partial charge in [-0.2, -0.15) is 0 Å². The van der Waals surface area contributed by atoms with Gasteiger partial charge in [-0.05, 0) is 61.4 Å². The number of nitrogens with one attached hydrogen (secondary N) is 1. The van der Waals surface area contributed by atoms with E-state index in [9.17, 15) is 14.4 Å². The van der Waals surface area contributed by atoms with Crippen LogP contribution in [0.5, 0.6) is 0 Å². The van der Waals surface area contributed by atoms with Crippen LogP contribution in [0.4, 0.5) is 5.69 Å². The van der Waals surface area contributed by atoms with E-state index in [0.29, 0.717) is 36.5 Å². The van der Waals surface area contributed by atoms with Crippen LogP contribution >= 0.6 is 23.1 Å². The van der Waals surface area contributed by atoms with Crippen LogP contribution in [0.1, 0.15) is 46.1 Å². The summed E-state index contributed by atoms with van der Waals surface area (Å²) in [5, 5.41) is 5.08. The maximum Gasteiger partial charge on any atom is 0.254 e. The lowest BCUT2D eigenvalue weighted by molar-refractivity contribution is -0.135. The van der Waals surface area contributed by atoms with Crippen molar-refractivity contribution >= 4 is 46.5 Å². The summed E-state index contributed by atoms with van der Waals surface area (Å²) in [5.41, 5.74) is 3.23. The van der Waals surface area contributed by atoms with Gasteiger partial charge in [0, 0.05) is 41.4 Å². The smallest absolute Gasteiger partial charge is 0.254 e. The Hall–Kier alpha value is -2.32. The van der Waals surface area contributed by atoms with Gasteiger partial charge in [0.15, 0.2) is 0 Å². The summed E-state index contributed by atoms with van der Waals surface area (Å²) < 4.78 is 0. The second-order valence-corrected chi connectivity index (χ2v) is 11.1. The molecule has 2 atom stereocenters. The summed E-state index contributed by atoms with van der Waals surface area (Å²) in [6.45, 7) is 5.25. The Labute approximate surface area is 190 Å². The minimum atomic E-state index is -0.470. The number of amides is 3. The lowest BCUT2D eigenvalue weighted by Crippen LogP contribution is -2.48. The maximum absolute atomic E-state index is 13.2. The van der Waals surface area contributed by atoms with Crippen LogP contribution < -0.4 is 5.32 Å². The third-order valence-corrected chi connectivity index (χ3v) is 9.19. The van der Waals surface area contributed by atoms with Crippen LogP contribution in [0.25, 0.3) is 0 Å². The lowest BCUT2D eigenvalue weighted by atomic mass is 10.0. The molecule has 162 valence electrons. The van der Waals surface area contributed by atoms with Crippen molar-refractivity contribution in [3.05, 3.63) is 51.2 Å². The summed E-state index contributed by atoms with van der Waals surface area (Å²) >= 11 is 3.43. The first-order valence-corrected chi connectivity index (χ1v) is 12.4. The highest BCUT2D eigenvalue weighted by Crippen LogP contribution is 2.47. The van der Waals surface area contributed by atoms with E-state index in [1.165, 1.54) is 10.4 Å². The van der Waals surface area contributed by atoms with E-state index >= 15 is 0 Å². The molecule has 0 unspecified atom stereocenters. The summed E-state index contributed by atoms with van der Waals surface area (Å²) in [6.07, 6.45) is 2.17. The molecule has 0 spiro atoms. The van der Waals surface area contributed by atoms with Gasteiger partial charge in [0.2, 0.25) is 11.8 Å². The number of thioether (sulfide) groups is 1. The van der Waals surface area contributed by atoms with Crippen molar-refractivity contribution in [1.82, 2.24) is 9.80 Å². The van der Waals surface area contributed by atoms with Gasteiger partial charge in [-0.3, -0.25) is 14.4 Å². The number of hydrogen-bond donors (Lipinski definition) is 1. The summed E-state index contributed by atoms with van der Waals surface area (Å²) in [6, 6.07) is 7.08. The third-order valence-electron chi connectivity index (χ3n) is 6.66. The normalized spacial score (nSPS) is 24.8. The molecule has 4 heterocycles. The molecule has 1 aromatic heterocycles. The molecule has 0 bridgehead atoms. The number of rotatable bonds is 3. The van der Waals surface area contributed by atoms with Crippen LogP contribution in [0.3, 0.4) is 0 Å². The molecule has 3 amide bonds. The first kappa shape index (κ1) is 20.6. The van der Waals surface area contributed by atoms with Crippen molar-refractivity contribution in [2.24, 2.45) is 0 Å². The number of carbonyl (C=O) groups is 3. The van der Waals surface area contributed by atoms with Crippen molar-refractivity contribution in [2.45, 2.75) is 50.6 Å². The van der Waals surface area contributed by atoms with E-state index in [0.717, 1.165) is 18.4 Å². The SMILES string of the molecule is Cc1c(NC(=O)[C@@H]2CS[C@@]3(C)CCC(=O)N23)cccc1C(=O)N1CCc2sccc2C1. The van der Waals surface area contributed by atoms with Crippen LogP contribution in [0.15, 0.2) is 29.6 Å². The van der Waals surface area contributed by atoms with Gasteiger partial charge in [0.25, 0.3) is 5.91 Å². The molecule has 6 nitrogen and oxygen atoms in total. The summed E-state index contributed by atoms with van der Waals surface area (Å²) in [7, 11) is 0. The van der Waals surface area contributed by atoms with E-state index < -0.39 is 6.04 Å². The van der Waals surface area contributed by atoms with E-state index in [-0.39, 0.29) is 22.6 Å². The van der Waals surface area contributed by atoms with Gasteiger partial charge in [0.1, 0.15) is 6.04 Å². The Morgan fingerprint density at radius 2 is 2.06 bits per heavy atom. The number of hydrogen-bond acceptors (Lipinski definition) is 5. The average Bonchev–Trinajstić information content (AvgIpc) is 3.44. The fourth-order valence-electron chi connectivity index (χ4n) is 4.83. The minimum absolute atomic E-state index is 0.0100. The zero-order chi connectivity index (χ0) is 21.8. The molecule has 5 rings (SSSR count). The molecule has 2 aromatic rings. The van der Waals surface area contributed by atoms with Crippen LogP contribution in [-0.4, -0.2) is 50.7 Å². The standard InChI is InChI=1S/C23H25N3O3S2/c1-14-16(22(29)25-10-7-19-15(12-25)8-11-30-19)4-3-5-17(14)24-21(28)18-13-31-23(2)9-6-20(27)26(18)23/h3-5,8,11,18H,6-7,9-10,12-13H2,1-2H3,(H,24,28)/t18-,23-/m0/s1. The first-order chi connectivity index (χ1) is 14.9. The fraction of sp³-hybridized carbons (Fsp3) is 0.435. The number of thiophene rings is 1. The van der Waals surface area contributed by atoms with Crippen molar-refractivity contribution < 1.29 is 14.4 Å². The molecule has 1 aromatic carbocycles. The third kappa shape index (κ3) is 3.46. The Bertz CT molecular complexity index is 1080. The van der Waals surface area contributed by atoms with Crippen LogP contribution in [0, 0.1) is 6.92 Å². The highest BCUT2D eigenvalue weighted by Gasteiger charge is 2.52. The van der Waals surface area contributed by atoms with E-state index in [2.05, 4.69) is 16.8 Å². The van der Waals surface area contributed by atoms with E-state index in [4.69, 9.17) is 0 Å². The molecule has 2 fully saturated rings. The molecule has 1 N–H and O–H groups in total. The average molecular weight is 456 g/mol. The van der Waals surface area contributed by atoms with E-state index in [1.807, 2.05) is 36.9 Å². The largest absolute Gasteiger partial charge is 0.334 e. The Morgan fingerprint density at radius 3 is 2.90 bits per heavy atom. The van der Waals surface area contributed by atoms with Crippen molar-refractivity contribution in [3.63, 3.8) is 0 Å². The number of benzene rings is 1. The molecule has 0 saturated carbocycles. The van der Waals surface area contributed by atoms with Crippen LogP contribution in [-0.2, 0) is 22.6 Å². The zero-order valence-corrected chi connectivity index (χ0v) is 19.3. The molecule has 2 saturated heterocycles. The van der Waals surface area contributed by atoms with E-state index in [1.54, 1.807) is 28.0 Å². The van der Waals surface area contributed by atoms with Crippen LogP contribution in [0.2, 0.25) is 0 Å². The van der Waals surface area contributed by atoms with Gasteiger partial charge in [-0.15, -0.1) is 23.1 Å². The summed E-state index contributed by atoms with van der Waals surface area (Å²) in [5.74, 6) is 0.457. The molecule has 3 aliphatic rings. The molecule has 3 aliphatic heterocycles. The zero-order valence-electron chi connectivity index (χ0n) is 17.6. The predicted molar refractivity (Wildman–Crippen MR) is 123 cm³/mol. The van der Waals surface area contributed by atoms with Crippen molar-refractivity contribution in [2.75, 3.05) is 17.6 Å². The Balaban J connectivity index is 1.34. The molecule has 8 heteroatoms. The quantitative estimate of drug-likeness (QED) is 0.767. The minimum Gasteiger partial charge on any atom is -0.334 e. The van der Waals surface area contributed by atoms with Gasteiger partial charge >= 0.3 is 0 Å². The van der Waals surface area contributed by atoms with Crippen molar-refractivity contribution in [1.29, 1.82) is 0 Å². The Kier molecular flexibility index (Phi) is 5.09. The maximum atomic E-state index is 13.2. The molecule has 0 aliphatic carbocycles. The van der Waals surface area contributed by atoms with Gasteiger partial charge in [-0.1, -0.05) is 6.07 Å². The lowest BCUT2D eigenvalue weighted by Gasteiger charge is -2.30.